The first-order chi connectivity index (χ1) is 4.31. The first-order valence-corrected chi connectivity index (χ1v) is 5.04. The number of hydrogen-bond donors (Lipinski definition) is 0. The highest BCUT2D eigenvalue weighted by Crippen LogP contribution is 2.68. The van der Waals surface area contributed by atoms with Crippen LogP contribution in [-0.4, -0.2) is 10.3 Å². The van der Waals surface area contributed by atoms with Gasteiger partial charge in [0.1, 0.15) is 0 Å². The van der Waals surface area contributed by atoms with Crippen LogP contribution in [0.1, 0.15) is 34.6 Å². The molecule has 0 aromatic rings. The first-order valence-electron chi connectivity index (χ1n) is 3.78. The molecule has 0 aromatic heterocycles. The molecule has 0 aliphatic carbocycles. The molecule has 1 saturated heterocycles. The van der Waals surface area contributed by atoms with Crippen LogP contribution in [0.4, 0.5) is 0 Å². The van der Waals surface area contributed by atoms with Gasteiger partial charge in [-0.15, -0.1) is 0 Å². The molecule has 1 fully saturated rings. The zero-order valence-electron chi connectivity index (χ0n) is 7.43. The zero-order valence-corrected chi connectivity index (χ0v) is 8.33. The Balaban J connectivity index is 2.89. The highest BCUT2D eigenvalue weighted by atomic mass is 31.1. The van der Waals surface area contributed by atoms with Gasteiger partial charge in [0, 0.05) is 0 Å². The first kappa shape index (κ1) is 8.20. The minimum Gasteiger partial charge on any atom is -0.0736 e. The highest BCUT2D eigenvalue weighted by molar-refractivity contribution is 7.50. The predicted octanol–water partition coefficient (Wildman–Crippen LogP) is 3.02. The van der Waals surface area contributed by atoms with Crippen molar-refractivity contribution in [3.05, 3.63) is 0 Å². The molecule has 1 aliphatic heterocycles. The molecule has 0 unspecified atom stereocenters. The molecule has 1 aliphatic rings. The van der Waals surface area contributed by atoms with Crippen LogP contribution in [0, 0.1) is 5.92 Å². The largest absolute Gasteiger partial charge is 0.350 e. The zero-order chi connectivity index (χ0) is 8.15. The second kappa shape index (κ2) is 1.82. The van der Waals surface area contributed by atoms with Gasteiger partial charge in [0.15, 0.2) is 10.3 Å². The lowest BCUT2D eigenvalue weighted by molar-refractivity contribution is 0.284. The van der Waals surface area contributed by atoms with Gasteiger partial charge in [-0.2, -0.15) is 0 Å². The average molecular weight is 159 g/mol. The highest BCUT2D eigenvalue weighted by Gasteiger charge is 2.71. The van der Waals surface area contributed by atoms with Crippen molar-refractivity contribution in [1.29, 1.82) is 0 Å². The van der Waals surface area contributed by atoms with Crippen LogP contribution in [0.3, 0.4) is 0 Å². The van der Waals surface area contributed by atoms with Crippen LogP contribution in [0.5, 0.6) is 0 Å². The molecule has 1 nitrogen and oxygen atoms in total. The molecule has 0 amide bonds. The molecule has 1 heterocycles. The third-order valence-corrected chi connectivity index (χ3v) is 6.03. The third-order valence-electron chi connectivity index (χ3n) is 3.17. The van der Waals surface area contributed by atoms with E-state index in [0.29, 0.717) is 5.92 Å². The van der Waals surface area contributed by atoms with E-state index in [1.807, 2.05) is 0 Å². The van der Waals surface area contributed by atoms with Gasteiger partial charge in [0.05, 0.1) is 5.92 Å². The van der Waals surface area contributed by atoms with Gasteiger partial charge in [-0.1, -0.05) is 11.5 Å². The second-order valence-electron chi connectivity index (χ2n) is 4.32. The van der Waals surface area contributed by atoms with Crippen LogP contribution in [0.15, 0.2) is 0 Å². The van der Waals surface area contributed by atoms with Crippen LogP contribution >= 0.6 is 7.80 Å². The summed E-state index contributed by atoms with van der Waals surface area (Å²) < 4.78 is 11.6. The summed E-state index contributed by atoms with van der Waals surface area (Å²) in [5.41, 5.74) is 0. The Bertz CT molecular complexity index is 164. The van der Waals surface area contributed by atoms with Crippen molar-refractivity contribution in [2.75, 3.05) is 0 Å². The maximum absolute atomic E-state index is 11.6. The van der Waals surface area contributed by atoms with Crippen molar-refractivity contribution < 1.29 is 4.57 Å². The molecule has 10 heavy (non-hydrogen) atoms. The minimum absolute atomic E-state index is 0.0822. The molecular formula is C8H16OP+. The van der Waals surface area contributed by atoms with E-state index >= 15 is 0 Å². The summed E-state index contributed by atoms with van der Waals surface area (Å²) >= 11 is 0. The molecule has 0 aromatic carbocycles. The molecule has 0 radical (unpaired) electrons. The number of rotatable bonds is 0. The summed E-state index contributed by atoms with van der Waals surface area (Å²) in [6.07, 6.45) is 0. The Morgan fingerprint density at radius 2 is 1.40 bits per heavy atom. The smallest absolute Gasteiger partial charge is 0.0736 e. The molecule has 0 saturated carbocycles. The van der Waals surface area contributed by atoms with Gasteiger partial charge >= 0.3 is 7.80 Å². The summed E-state index contributed by atoms with van der Waals surface area (Å²) in [4.78, 5) is 0. The lowest BCUT2D eigenvalue weighted by atomic mass is 9.83. The summed E-state index contributed by atoms with van der Waals surface area (Å²) in [5.74, 6) is 0.587. The Kier molecular flexibility index (Phi) is 1.49. The summed E-state index contributed by atoms with van der Waals surface area (Å²) in [7, 11) is -0.994. The van der Waals surface area contributed by atoms with Crippen LogP contribution in [0.2, 0.25) is 0 Å². The fourth-order valence-electron chi connectivity index (χ4n) is 1.89. The molecular weight excluding hydrogens is 143 g/mol. The molecule has 0 N–H and O–H groups in total. The standard InChI is InChI=1S/C8H16OP/c1-6-7(2,3)10(9)8(6,4)5/h6H,1-5H3/q+1. The second-order valence-corrected chi connectivity index (χ2v) is 7.22. The normalized spacial score (nSPS) is 38.9. The van der Waals surface area contributed by atoms with Crippen molar-refractivity contribution in [3.63, 3.8) is 0 Å². The maximum Gasteiger partial charge on any atom is 0.350 e. The fraction of sp³-hybridized carbons (Fsp3) is 1.00. The van der Waals surface area contributed by atoms with Gasteiger partial charge in [-0.3, -0.25) is 0 Å². The van der Waals surface area contributed by atoms with Gasteiger partial charge in [-0.05, 0) is 27.7 Å². The number of hydrogen-bond acceptors (Lipinski definition) is 1. The lowest BCUT2D eigenvalue weighted by Crippen LogP contribution is -2.52. The maximum atomic E-state index is 11.6. The molecule has 58 valence electrons. The van der Waals surface area contributed by atoms with Crippen molar-refractivity contribution in [2.45, 2.75) is 44.9 Å². The van der Waals surface area contributed by atoms with Gasteiger partial charge in [0.25, 0.3) is 0 Å². The van der Waals surface area contributed by atoms with E-state index < -0.39 is 7.80 Å². The Morgan fingerprint density at radius 3 is 1.50 bits per heavy atom. The van der Waals surface area contributed by atoms with E-state index in [-0.39, 0.29) is 10.3 Å². The lowest BCUT2D eigenvalue weighted by Gasteiger charge is -2.42. The van der Waals surface area contributed by atoms with E-state index in [1.165, 1.54) is 0 Å². The van der Waals surface area contributed by atoms with E-state index in [4.69, 9.17) is 0 Å². The van der Waals surface area contributed by atoms with Gasteiger partial charge in [0.2, 0.25) is 0 Å². The monoisotopic (exact) mass is 159 g/mol. The summed E-state index contributed by atoms with van der Waals surface area (Å²) in [6, 6.07) is 0. The molecule has 1 rings (SSSR count). The fourth-order valence-corrected chi connectivity index (χ4v) is 4.52. The van der Waals surface area contributed by atoms with Gasteiger partial charge < -0.3 is 0 Å². The quantitative estimate of drug-likeness (QED) is 0.496. The Morgan fingerprint density at radius 1 is 1.10 bits per heavy atom. The van der Waals surface area contributed by atoms with Crippen LogP contribution < -0.4 is 0 Å². The van der Waals surface area contributed by atoms with Crippen LogP contribution in [-0.2, 0) is 4.57 Å². The summed E-state index contributed by atoms with van der Waals surface area (Å²) in [5, 5.41) is 0.164. The Labute approximate surface area is 64.0 Å². The van der Waals surface area contributed by atoms with Crippen molar-refractivity contribution >= 4 is 7.80 Å². The van der Waals surface area contributed by atoms with E-state index in [0.717, 1.165) is 0 Å². The van der Waals surface area contributed by atoms with Gasteiger partial charge in [-0.25, -0.2) is 0 Å². The van der Waals surface area contributed by atoms with E-state index in [9.17, 15) is 4.57 Å². The van der Waals surface area contributed by atoms with E-state index in [2.05, 4.69) is 34.6 Å². The topological polar surface area (TPSA) is 17.1 Å². The van der Waals surface area contributed by atoms with E-state index in [1.54, 1.807) is 0 Å². The average Bonchev–Trinajstić information content (AvgIpc) is 1.84. The molecule has 0 bridgehead atoms. The summed E-state index contributed by atoms with van der Waals surface area (Å²) in [6.45, 7) is 10.6. The van der Waals surface area contributed by atoms with Crippen LogP contribution in [0.25, 0.3) is 0 Å². The molecule has 0 spiro atoms. The van der Waals surface area contributed by atoms with Crippen molar-refractivity contribution in [3.8, 4) is 0 Å². The van der Waals surface area contributed by atoms with Crippen molar-refractivity contribution in [2.24, 2.45) is 5.92 Å². The molecule has 2 heteroatoms. The Hall–Kier alpha value is 0.100. The third kappa shape index (κ3) is 0.703. The van der Waals surface area contributed by atoms with Crippen molar-refractivity contribution in [1.82, 2.24) is 0 Å². The molecule has 0 atom stereocenters. The predicted molar refractivity (Wildman–Crippen MR) is 44.9 cm³/mol. The minimum atomic E-state index is -0.994. The SMILES string of the molecule is CC1C(C)(C)[P+](=O)C1(C)C.